The molecule has 4 nitrogen and oxygen atoms in total. The summed E-state index contributed by atoms with van der Waals surface area (Å²) in [5.41, 5.74) is 3.68. The van der Waals surface area contributed by atoms with Crippen LogP contribution in [0.4, 0.5) is 18.0 Å². The summed E-state index contributed by atoms with van der Waals surface area (Å²) < 4.78 is 40.8. The van der Waals surface area contributed by atoms with Crippen LogP contribution in [0, 0.1) is 5.41 Å². The van der Waals surface area contributed by atoms with Gasteiger partial charge < -0.3 is 15.2 Å². The lowest BCUT2D eigenvalue weighted by atomic mass is 9.76. The van der Waals surface area contributed by atoms with Crippen LogP contribution in [0.2, 0.25) is 0 Å². The van der Waals surface area contributed by atoms with Crippen LogP contribution < -0.4 is 10.1 Å². The van der Waals surface area contributed by atoms with E-state index in [9.17, 15) is 23.1 Å². The van der Waals surface area contributed by atoms with Gasteiger partial charge in [0.2, 0.25) is 0 Å². The van der Waals surface area contributed by atoms with Gasteiger partial charge in [0.1, 0.15) is 5.75 Å². The first-order valence-electron chi connectivity index (χ1n) is 8.74. The molecule has 142 valence electrons. The molecule has 1 fully saturated rings. The highest BCUT2D eigenvalue weighted by Gasteiger charge is 2.52. The van der Waals surface area contributed by atoms with Gasteiger partial charge in [-0.2, -0.15) is 0 Å². The zero-order valence-electron chi connectivity index (χ0n) is 14.3. The largest absolute Gasteiger partial charge is 0.573 e. The quantitative estimate of drug-likeness (QED) is 0.764. The molecule has 4 rings (SSSR count). The SMILES string of the molecule is O=C(O)NC1c2cc(-c3ccc(OC(F)(F)F)cc3)ccc2CCC12CC2. The Labute approximate surface area is 154 Å². The number of hydrogen-bond donors (Lipinski definition) is 2. The summed E-state index contributed by atoms with van der Waals surface area (Å²) >= 11 is 0. The summed E-state index contributed by atoms with van der Waals surface area (Å²) in [6.45, 7) is 0. The van der Waals surface area contributed by atoms with E-state index in [4.69, 9.17) is 0 Å². The van der Waals surface area contributed by atoms with Crippen molar-refractivity contribution in [1.82, 2.24) is 5.32 Å². The number of alkyl halides is 3. The maximum Gasteiger partial charge on any atom is 0.573 e. The van der Waals surface area contributed by atoms with Gasteiger partial charge in [-0.15, -0.1) is 13.2 Å². The maximum atomic E-state index is 12.3. The zero-order valence-corrected chi connectivity index (χ0v) is 14.3. The first kappa shape index (κ1) is 17.7. The van der Waals surface area contributed by atoms with Gasteiger partial charge in [-0.3, -0.25) is 0 Å². The van der Waals surface area contributed by atoms with Gasteiger partial charge in [0.25, 0.3) is 0 Å². The predicted molar refractivity (Wildman–Crippen MR) is 92.5 cm³/mol. The van der Waals surface area contributed by atoms with Crippen LogP contribution in [-0.2, 0) is 6.42 Å². The Balaban J connectivity index is 1.65. The molecular formula is C20H18F3NO3. The number of halogens is 3. The van der Waals surface area contributed by atoms with Crippen molar-refractivity contribution in [3.63, 3.8) is 0 Å². The fourth-order valence-corrected chi connectivity index (χ4v) is 4.03. The molecule has 0 bridgehead atoms. The van der Waals surface area contributed by atoms with Crippen molar-refractivity contribution in [2.45, 2.75) is 38.1 Å². The second-order valence-electron chi connectivity index (χ2n) is 7.23. The number of carboxylic acid groups (broad SMARTS) is 1. The number of hydrogen-bond acceptors (Lipinski definition) is 2. The smallest absolute Gasteiger partial charge is 0.465 e. The van der Waals surface area contributed by atoms with E-state index in [0.717, 1.165) is 47.9 Å². The summed E-state index contributed by atoms with van der Waals surface area (Å²) in [6, 6.07) is 11.3. The monoisotopic (exact) mass is 377 g/mol. The summed E-state index contributed by atoms with van der Waals surface area (Å²) in [5.74, 6) is -0.272. The van der Waals surface area contributed by atoms with E-state index in [-0.39, 0.29) is 17.2 Å². The summed E-state index contributed by atoms with van der Waals surface area (Å²) in [5, 5.41) is 11.9. The minimum absolute atomic E-state index is 0.00835. The molecule has 0 radical (unpaired) electrons. The fourth-order valence-electron chi connectivity index (χ4n) is 4.03. The Hall–Kier alpha value is -2.70. The molecule has 2 aliphatic rings. The van der Waals surface area contributed by atoms with E-state index in [0.29, 0.717) is 0 Å². The third-order valence-corrected chi connectivity index (χ3v) is 5.54. The number of aryl methyl sites for hydroxylation is 1. The second-order valence-corrected chi connectivity index (χ2v) is 7.23. The number of amides is 1. The molecule has 2 aromatic carbocycles. The van der Waals surface area contributed by atoms with Crippen molar-refractivity contribution < 1.29 is 27.8 Å². The van der Waals surface area contributed by atoms with Crippen molar-refractivity contribution >= 4 is 6.09 Å². The molecule has 0 heterocycles. The minimum atomic E-state index is -4.72. The van der Waals surface area contributed by atoms with Gasteiger partial charge in [-0.25, -0.2) is 4.79 Å². The van der Waals surface area contributed by atoms with Crippen molar-refractivity contribution in [2.24, 2.45) is 5.41 Å². The summed E-state index contributed by atoms with van der Waals surface area (Å²) in [4.78, 5) is 11.3. The lowest BCUT2D eigenvalue weighted by molar-refractivity contribution is -0.274. The molecule has 0 aliphatic heterocycles. The lowest BCUT2D eigenvalue weighted by Crippen LogP contribution is -2.36. The Kier molecular flexibility index (Phi) is 4.05. The van der Waals surface area contributed by atoms with E-state index in [1.54, 1.807) is 12.1 Å². The summed E-state index contributed by atoms with van der Waals surface area (Å²) in [7, 11) is 0. The molecule has 7 heteroatoms. The highest BCUT2D eigenvalue weighted by atomic mass is 19.4. The average Bonchev–Trinajstić information content (AvgIpc) is 3.37. The number of carbonyl (C=O) groups is 1. The van der Waals surface area contributed by atoms with Crippen molar-refractivity contribution in [3.8, 4) is 16.9 Å². The highest BCUT2D eigenvalue weighted by Crippen LogP contribution is 2.61. The number of rotatable bonds is 3. The molecule has 1 atom stereocenters. The summed E-state index contributed by atoms with van der Waals surface area (Å²) in [6.07, 6.45) is -1.88. The second kappa shape index (κ2) is 6.18. The molecular weight excluding hydrogens is 359 g/mol. The van der Waals surface area contributed by atoms with Gasteiger partial charge in [-0.05, 0) is 71.6 Å². The molecule has 27 heavy (non-hydrogen) atoms. The van der Waals surface area contributed by atoms with Crippen molar-refractivity contribution in [3.05, 3.63) is 53.6 Å². The predicted octanol–water partition coefficient (Wildman–Crippen LogP) is 5.29. The van der Waals surface area contributed by atoms with Gasteiger partial charge in [0.05, 0.1) is 6.04 Å². The van der Waals surface area contributed by atoms with Crippen LogP contribution in [0.25, 0.3) is 11.1 Å². The third kappa shape index (κ3) is 3.59. The Morgan fingerprint density at radius 3 is 2.33 bits per heavy atom. The van der Waals surface area contributed by atoms with E-state index in [2.05, 4.69) is 10.1 Å². The van der Waals surface area contributed by atoms with E-state index >= 15 is 0 Å². The average molecular weight is 377 g/mol. The van der Waals surface area contributed by atoms with Crippen LogP contribution in [-0.4, -0.2) is 17.6 Å². The minimum Gasteiger partial charge on any atom is -0.465 e. The van der Waals surface area contributed by atoms with Gasteiger partial charge in [0.15, 0.2) is 0 Å². The van der Waals surface area contributed by atoms with Crippen LogP contribution >= 0.6 is 0 Å². The molecule has 2 N–H and O–H groups in total. The maximum absolute atomic E-state index is 12.3. The molecule has 1 amide bonds. The third-order valence-electron chi connectivity index (χ3n) is 5.54. The van der Waals surface area contributed by atoms with E-state index in [1.165, 1.54) is 12.1 Å². The topological polar surface area (TPSA) is 58.6 Å². The number of nitrogens with one attached hydrogen (secondary N) is 1. The molecule has 2 aromatic rings. The van der Waals surface area contributed by atoms with Crippen LogP contribution in [0.15, 0.2) is 42.5 Å². The first-order chi connectivity index (χ1) is 12.8. The zero-order chi connectivity index (χ0) is 19.2. The lowest BCUT2D eigenvalue weighted by Gasteiger charge is -2.34. The van der Waals surface area contributed by atoms with Crippen LogP contribution in [0.1, 0.15) is 36.4 Å². The standard InChI is InChI=1S/C20H18F3NO3/c21-20(22,23)27-15-5-3-12(4-6-15)14-2-1-13-7-8-19(9-10-19)17(16(13)11-14)24-18(25)26/h1-6,11,17,24H,7-10H2,(H,25,26). The highest BCUT2D eigenvalue weighted by molar-refractivity contribution is 5.69. The molecule has 2 aliphatic carbocycles. The molecule has 1 unspecified atom stereocenters. The van der Waals surface area contributed by atoms with Crippen molar-refractivity contribution in [2.75, 3.05) is 0 Å². The number of fused-ring (bicyclic) bond motifs is 1. The van der Waals surface area contributed by atoms with Crippen LogP contribution in [0.5, 0.6) is 5.75 Å². The van der Waals surface area contributed by atoms with Gasteiger partial charge in [-0.1, -0.05) is 24.3 Å². The molecule has 1 spiro atoms. The Morgan fingerprint density at radius 1 is 1.07 bits per heavy atom. The number of ether oxygens (including phenoxy) is 1. The molecule has 0 aromatic heterocycles. The number of benzene rings is 2. The molecule has 0 saturated heterocycles. The van der Waals surface area contributed by atoms with Gasteiger partial charge >= 0.3 is 12.5 Å². The fraction of sp³-hybridized carbons (Fsp3) is 0.350. The van der Waals surface area contributed by atoms with Gasteiger partial charge in [0, 0.05) is 0 Å². The Morgan fingerprint density at radius 2 is 1.74 bits per heavy atom. The van der Waals surface area contributed by atoms with E-state index in [1.807, 2.05) is 18.2 Å². The van der Waals surface area contributed by atoms with Crippen molar-refractivity contribution in [1.29, 1.82) is 0 Å². The van der Waals surface area contributed by atoms with Crippen LogP contribution in [0.3, 0.4) is 0 Å². The van der Waals surface area contributed by atoms with E-state index < -0.39 is 12.5 Å². The molecule has 1 saturated carbocycles. The first-order valence-corrected chi connectivity index (χ1v) is 8.74. The Bertz CT molecular complexity index is 873. The normalized spacial score (nSPS) is 20.0.